The van der Waals surface area contributed by atoms with Gasteiger partial charge in [-0.1, -0.05) is 12.1 Å². The van der Waals surface area contributed by atoms with Crippen molar-refractivity contribution in [2.24, 2.45) is 5.84 Å². The molecule has 0 atom stereocenters. The highest BCUT2D eigenvalue weighted by Gasteiger charge is 2.08. The van der Waals surface area contributed by atoms with Crippen LogP contribution in [0.3, 0.4) is 0 Å². The van der Waals surface area contributed by atoms with E-state index in [0.717, 1.165) is 0 Å². The second-order valence-corrected chi connectivity index (χ2v) is 3.52. The quantitative estimate of drug-likeness (QED) is 0.463. The molecule has 2 rings (SSSR count). The van der Waals surface area contributed by atoms with Gasteiger partial charge in [0.25, 0.3) is 0 Å². The molecule has 0 radical (unpaired) electrons. The van der Waals surface area contributed by atoms with Crippen molar-refractivity contribution in [2.45, 2.75) is 0 Å². The van der Waals surface area contributed by atoms with Crippen LogP contribution < -0.4 is 17.0 Å². The van der Waals surface area contributed by atoms with Gasteiger partial charge in [0.2, 0.25) is 0 Å². The molecule has 0 fully saturated rings. The topological polar surface area (TPSA) is 127 Å². The van der Waals surface area contributed by atoms with Gasteiger partial charge in [0, 0.05) is 5.56 Å². The molecule has 0 bridgehead atoms. The Morgan fingerprint density at radius 2 is 2.17 bits per heavy atom. The lowest BCUT2D eigenvalue weighted by Gasteiger charge is -2.06. The zero-order chi connectivity index (χ0) is 13.1. The number of rotatable bonds is 3. The van der Waals surface area contributed by atoms with E-state index >= 15 is 0 Å². The summed E-state index contributed by atoms with van der Waals surface area (Å²) in [6.07, 6.45) is 1.46. The summed E-state index contributed by atoms with van der Waals surface area (Å²) < 4.78 is 0. The Hall–Kier alpha value is -2.67. The Morgan fingerprint density at radius 3 is 2.78 bits per heavy atom. The average molecular weight is 245 g/mol. The molecule has 1 heterocycles. The second kappa shape index (κ2) is 4.68. The number of aromatic carboxylic acids is 1. The molecule has 1 aromatic carbocycles. The van der Waals surface area contributed by atoms with Gasteiger partial charge in [-0.2, -0.15) is 0 Å². The third kappa shape index (κ3) is 2.20. The van der Waals surface area contributed by atoms with Crippen molar-refractivity contribution in [2.75, 3.05) is 11.2 Å². The highest BCUT2D eigenvalue weighted by atomic mass is 16.4. The van der Waals surface area contributed by atoms with Crippen LogP contribution in [0.15, 0.2) is 30.5 Å². The molecule has 0 saturated carbocycles. The molecule has 0 amide bonds. The van der Waals surface area contributed by atoms with Gasteiger partial charge in [-0.15, -0.1) is 0 Å². The summed E-state index contributed by atoms with van der Waals surface area (Å²) in [6, 6.07) is 6.36. The van der Waals surface area contributed by atoms with Crippen molar-refractivity contribution in [3.05, 3.63) is 36.0 Å². The number of hydrogen-bond acceptors (Lipinski definition) is 6. The highest BCUT2D eigenvalue weighted by molar-refractivity contribution is 5.89. The number of benzene rings is 1. The molecule has 0 aliphatic heterocycles. The van der Waals surface area contributed by atoms with Crippen molar-refractivity contribution < 1.29 is 9.90 Å². The number of nitrogen functional groups attached to an aromatic ring is 2. The largest absolute Gasteiger partial charge is 0.478 e. The molecule has 0 unspecified atom stereocenters. The van der Waals surface area contributed by atoms with E-state index in [1.54, 1.807) is 12.1 Å². The minimum Gasteiger partial charge on any atom is -0.478 e. The van der Waals surface area contributed by atoms with Crippen LogP contribution in [0.25, 0.3) is 11.3 Å². The molecule has 0 spiro atoms. The lowest BCUT2D eigenvalue weighted by Crippen LogP contribution is -2.12. The molecule has 0 saturated heterocycles. The first kappa shape index (κ1) is 11.8. The summed E-state index contributed by atoms with van der Waals surface area (Å²) in [7, 11) is 0. The summed E-state index contributed by atoms with van der Waals surface area (Å²) in [5, 5.41) is 8.91. The van der Waals surface area contributed by atoms with E-state index in [9.17, 15) is 4.79 Å². The smallest absolute Gasteiger partial charge is 0.335 e. The van der Waals surface area contributed by atoms with Gasteiger partial charge in [0.1, 0.15) is 0 Å². The first-order chi connectivity index (χ1) is 8.61. The first-order valence-corrected chi connectivity index (χ1v) is 5.04. The SMILES string of the molecule is NNc1ncc(-c2cccc(C(=O)O)c2)nc1N. The van der Waals surface area contributed by atoms with Crippen LogP contribution in [-0.2, 0) is 0 Å². The highest BCUT2D eigenvalue weighted by Crippen LogP contribution is 2.21. The van der Waals surface area contributed by atoms with Gasteiger partial charge >= 0.3 is 5.97 Å². The number of hydrazine groups is 1. The number of hydrogen-bond donors (Lipinski definition) is 4. The Kier molecular flexibility index (Phi) is 3.07. The number of anilines is 2. The molecule has 6 N–H and O–H groups in total. The van der Waals surface area contributed by atoms with E-state index in [2.05, 4.69) is 15.4 Å². The van der Waals surface area contributed by atoms with E-state index in [4.69, 9.17) is 16.7 Å². The predicted molar refractivity (Wildman–Crippen MR) is 66.6 cm³/mol. The number of carboxylic acid groups (broad SMARTS) is 1. The monoisotopic (exact) mass is 245 g/mol. The van der Waals surface area contributed by atoms with E-state index in [0.29, 0.717) is 11.3 Å². The molecular formula is C11H11N5O2. The fourth-order valence-electron chi connectivity index (χ4n) is 1.47. The fraction of sp³-hybridized carbons (Fsp3) is 0. The van der Waals surface area contributed by atoms with Gasteiger partial charge in [-0.05, 0) is 12.1 Å². The summed E-state index contributed by atoms with van der Waals surface area (Å²) >= 11 is 0. The summed E-state index contributed by atoms with van der Waals surface area (Å²) in [6.45, 7) is 0. The van der Waals surface area contributed by atoms with Crippen molar-refractivity contribution in [3.8, 4) is 11.3 Å². The third-order valence-corrected chi connectivity index (χ3v) is 2.34. The summed E-state index contributed by atoms with van der Waals surface area (Å²) in [5.74, 6) is 4.61. The Bertz CT molecular complexity index is 600. The van der Waals surface area contributed by atoms with Crippen molar-refractivity contribution in [1.29, 1.82) is 0 Å². The van der Waals surface area contributed by atoms with Crippen LogP contribution in [0.1, 0.15) is 10.4 Å². The van der Waals surface area contributed by atoms with Crippen LogP contribution in [0.5, 0.6) is 0 Å². The number of nitrogens with zero attached hydrogens (tertiary/aromatic N) is 2. The molecule has 7 heteroatoms. The van der Waals surface area contributed by atoms with Crippen LogP contribution >= 0.6 is 0 Å². The average Bonchev–Trinajstić information content (AvgIpc) is 2.38. The third-order valence-electron chi connectivity index (χ3n) is 2.34. The van der Waals surface area contributed by atoms with Gasteiger partial charge in [0.15, 0.2) is 11.6 Å². The molecule has 7 nitrogen and oxygen atoms in total. The lowest BCUT2D eigenvalue weighted by atomic mass is 10.1. The summed E-state index contributed by atoms with van der Waals surface area (Å²) in [4.78, 5) is 18.9. The molecule has 0 aliphatic carbocycles. The zero-order valence-electron chi connectivity index (χ0n) is 9.29. The van der Waals surface area contributed by atoms with Gasteiger partial charge in [-0.25, -0.2) is 20.6 Å². The number of nitrogens with one attached hydrogen (secondary N) is 1. The van der Waals surface area contributed by atoms with Crippen molar-refractivity contribution in [1.82, 2.24) is 9.97 Å². The minimum absolute atomic E-state index is 0.149. The van der Waals surface area contributed by atoms with Crippen LogP contribution in [-0.4, -0.2) is 21.0 Å². The van der Waals surface area contributed by atoms with Crippen molar-refractivity contribution >= 4 is 17.6 Å². The lowest BCUT2D eigenvalue weighted by molar-refractivity contribution is 0.0697. The zero-order valence-corrected chi connectivity index (χ0v) is 9.29. The molecular weight excluding hydrogens is 234 g/mol. The second-order valence-electron chi connectivity index (χ2n) is 3.52. The normalized spacial score (nSPS) is 10.1. The molecule has 18 heavy (non-hydrogen) atoms. The van der Waals surface area contributed by atoms with E-state index in [1.165, 1.54) is 18.3 Å². The number of aromatic nitrogens is 2. The van der Waals surface area contributed by atoms with E-state index in [1.807, 2.05) is 0 Å². The van der Waals surface area contributed by atoms with Gasteiger partial charge in [0.05, 0.1) is 17.5 Å². The molecule has 92 valence electrons. The predicted octanol–water partition coefficient (Wildman–Crippen LogP) is 0.710. The number of carbonyl (C=O) groups is 1. The molecule has 2 aromatic rings. The maximum atomic E-state index is 10.9. The summed E-state index contributed by atoms with van der Waals surface area (Å²) in [5.41, 5.74) is 9.22. The Morgan fingerprint density at radius 1 is 1.39 bits per heavy atom. The van der Waals surface area contributed by atoms with Gasteiger partial charge in [-0.3, -0.25) is 0 Å². The Labute approximate surface area is 102 Å². The van der Waals surface area contributed by atoms with Crippen molar-refractivity contribution in [3.63, 3.8) is 0 Å². The standard InChI is InChI=1S/C11H11N5O2/c12-9-10(16-13)14-5-8(15-9)6-2-1-3-7(4-6)11(17)18/h1-5H,13H2,(H2,12,15)(H,14,16)(H,17,18). The Balaban J connectivity index is 2.45. The van der Waals surface area contributed by atoms with E-state index in [-0.39, 0.29) is 17.2 Å². The van der Waals surface area contributed by atoms with Crippen LogP contribution in [0.2, 0.25) is 0 Å². The van der Waals surface area contributed by atoms with Gasteiger partial charge < -0.3 is 16.3 Å². The van der Waals surface area contributed by atoms with Crippen LogP contribution in [0, 0.1) is 0 Å². The number of nitrogens with two attached hydrogens (primary N) is 2. The fourth-order valence-corrected chi connectivity index (χ4v) is 1.47. The maximum absolute atomic E-state index is 10.9. The van der Waals surface area contributed by atoms with Crippen LogP contribution in [0.4, 0.5) is 11.6 Å². The maximum Gasteiger partial charge on any atom is 0.335 e. The molecule has 0 aliphatic rings. The van der Waals surface area contributed by atoms with E-state index < -0.39 is 5.97 Å². The number of carboxylic acids is 1. The minimum atomic E-state index is -1.00. The first-order valence-electron chi connectivity index (χ1n) is 5.04. The molecule has 1 aromatic heterocycles.